The third kappa shape index (κ3) is 6.46. The lowest BCUT2D eigenvalue weighted by atomic mass is 9.96. The summed E-state index contributed by atoms with van der Waals surface area (Å²) in [6.07, 6.45) is 3.41. The van der Waals surface area contributed by atoms with Crippen molar-refractivity contribution in [2.45, 2.75) is 52.5 Å². The van der Waals surface area contributed by atoms with Gasteiger partial charge in [0.25, 0.3) is 0 Å². The molecule has 1 atom stereocenters. The number of rotatable bonds is 10. The van der Waals surface area contributed by atoms with Gasteiger partial charge in [-0.3, -0.25) is 0 Å². The van der Waals surface area contributed by atoms with E-state index in [4.69, 9.17) is 0 Å². The van der Waals surface area contributed by atoms with Crippen molar-refractivity contribution in [2.24, 2.45) is 0 Å². The predicted octanol–water partition coefficient (Wildman–Crippen LogP) is 1.86. The molecule has 1 unspecified atom stereocenters. The first-order valence-electron chi connectivity index (χ1n) is 6.70. The Hall–Kier alpha value is -0.120. The zero-order valence-corrected chi connectivity index (χ0v) is 11.6. The van der Waals surface area contributed by atoms with Crippen molar-refractivity contribution in [3.8, 4) is 0 Å². The number of hydrogen-bond donors (Lipinski definition) is 2. The summed E-state index contributed by atoms with van der Waals surface area (Å²) in [7, 11) is 0. The average molecular weight is 230 g/mol. The second-order valence-electron chi connectivity index (χ2n) is 4.79. The summed E-state index contributed by atoms with van der Waals surface area (Å²) in [5.41, 5.74) is -0.0968. The molecule has 0 bridgehead atoms. The topological polar surface area (TPSA) is 35.5 Å². The van der Waals surface area contributed by atoms with Crippen LogP contribution in [0.3, 0.4) is 0 Å². The van der Waals surface area contributed by atoms with Crippen LogP contribution in [-0.2, 0) is 0 Å². The van der Waals surface area contributed by atoms with Crippen molar-refractivity contribution < 1.29 is 5.11 Å². The molecule has 0 aliphatic carbocycles. The van der Waals surface area contributed by atoms with Crippen molar-refractivity contribution >= 4 is 0 Å². The lowest BCUT2D eigenvalue weighted by molar-refractivity contribution is 0.158. The molecule has 0 heterocycles. The van der Waals surface area contributed by atoms with Crippen LogP contribution in [0.25, 0.3) is 0 Å². The van der Waals surface area contributed by atoms with E-state index in [1.165, 1.54) is 13.0 Å². The van der Waals surface area contributed by atoms with E-state index in [0.717, 1.165) is 32.5 Å². The van der Waals surface area contributed by atoms with Gasteiger partial charge in [-0.05, 0) is 52.4 Å². The Morgan fingerprint density at radius 3 is 2.31 bits per heavy atom. The third-order valence-electron chi connectivity index (χ3n) is 3.14. The zero-order chi connectivity index (χ0) is 12.4. The van der Waals surface area contributed by atoms with Crippen molar-refractivity contribution in [1.29, 1.82) is 0 Å². The van der Waals surface area contributed by atoms with Crippen LogP contribution < -0.4 is 5.32 Å². The fourth-order valence-electron chi connectivity index (χ4n) is 2.09. The molecule has 0 aromatic heterocycles. The number of nitrogens with zero attached hydrogens (tertiary/aromatic N) is 1. The van der Waals surface area contributed by atoms with Gasteiger partial charge in [0.15, 0.2) is 0 Å². The van der Waals surface area contributed by atoms with Gasteiger partial charge in [-0.1, -0.05) is 20.8 Å². The Labute approximate surface area is 101 Å². The Kier molecular flexibility index (Phi) is 8.90. The van der Waals surface area contributed by atoms with Gasteiger partial charge < -0.3 is 15.3 Å². The number of aliphatic hydroxyl groups is 1. The maximum absolute atomic E-state index is 9.37. The van der Waals surface area contributed by atoms with E-state index in [1.54, 1.807) is 0 Å². The summed E-state index contributed by atoms with van der Waals surface area (Å²) in [6, 6.07) is 0. The summed E-state index contributed by atoms with van der Waals surface area (Å²) in [5, 5.41) is 12.7. The van der Waals surface area contributed by atoms with Gasteiger partial charge in [0.2, 0.25) is 0 Å². The Morgan fingerprint density at radius 1 is 1.19 bits per heavy atom. The second kappa shape index (κ2) is 8.97. The largest absolute Gasteiger partial charge is 0.394 e. The predicted molar refractivity (Wildman–Crippen MR) is 70.8 cm³/mol. The first-order valence-corrected chi connectivity index (χ1v) is 6.70. The highest BCUT2D eigenvalue weighted by Crippen LogP contribution is 2.12. The van der Waals surface area contributed by atoms with E-state index < -0.39 is 0 Å². The minimum Gasteiger partial charge on any atom is -0.394 e. The number of hydrogen-bond acceptors (Lipinski definition) is 3. The summed E-state index contributed by atoms with van der Waals surface area (Å²) < 4.78 is 0. The van der Waals surface area contributed by atoms with Gasteiger partial charge in [-0.25, -0.2) is 0 Å². The van der Waals surface area contributed by atoms with Crippen LogP contribution in [0.15, 0.2) is 0 Å². The van der Waals surface area contributed by atoms with Crippen LogP contribution in [0.1, 0.15) is 47.0 Å². The van der Waals surface area contributed by atoms with Gasteiger partial charge in [-0.15, -0.1) is 0 Å². The van der Waals surface area contributed by atoms with Gasteiger partial charge in [0, 0.05) is 5.54 Å². The molecule has 0 radical (unpaired) electrons. The number of aliphatic hydroxyl groups excluding tert-OH is 1. The molecular weight excluding hydrogens is 200 g/mol. The van der Waals surface area contributed by atoms with E-state index in [9.17, 15) is 5.11 Å². The highest BCUT2D eigenvalue weighted by Gasteiger charge is 2.21. The van der Waals surface area contributed by atoms with Crippen molar-refractivity contribution in [1.82, 2.24) is 10.2 Å². The van der Waals surface area contributed by atoms with Gasteiger partial charge in [0.05, 0.1) is 6.61 Å². The first kappa shape index (κ1) is 15.9. The molecular formula is C13H30N2O. The molecule has 0 fully saturated rings. The summed E-state index contributed by atoms with van der Waals surface area (Å²) in [4.78, 5) is 2.48. The molecule has 0 spiro atoms. The maximum atomic E-state index is 9.37. The Bertz CT molecular complexity index is 164. The molecule has 0 aliphatic rings. The van der Waals surface area contributed by atoms with Crippen LogP contribution >= 0.6 is 0 Å². The maximum Gasteiger partial charge on any atom is 0.0610 e. The fraction of sp³-hybridized carbons (Fsp3) is 1.00. The van der Waals surface area contributed by atoms with E-state index in [1.807, 2.05) is 0 Å². The third-order valence-corrected chi connectivity index (χ3v) is 3.14. The van der Waals surface area contributed by atoms with Crippen molar-refractivity contribution in [2.75, 3.05) is 32.8 Å². The molecule has 0 aromatic carbocycles. The molecule has 0 rings (SSSR count). The smallest absolute Gasteiger partial charge is 0.0610 e. The number of nitrogens with one attached hydrogen (secondary N) is 1. The van der Waals surface area contributed by atoms with Gasteiger partial charge in [-0.2, -0.15) is 0 Å². The van der Waals surface area contributed by atoms with Gasteiger partial charge >= 0.3 is 0 Å². The first-order chi connectivity index (χ1) is 7.61. The van der Waals surface area contributed by atoms with Crippen LogP contribution in [0.2, 0.25) is 0 Å². The minimum absolute atomic E-state index is 0.0968. The number of likely N-dealkylation sites (N-methyl/N-ethyl adjacent to an activating group) is 1. The highest BCUT2D eigenvalue weighted by molar-refractivity contribution is 4.81. The average Bonchev–Trinajstić information content (AvgIpc) is 2.28. The van der Waals surface area contributed by atoms with E-state index in [0.29, 0.717) is 0 Å². The SMILES string of the molecule is CCCN(CC)CCCC(C)(CO)NCC. The van der Waals surface area contributed by atoms with Crippen molar-refractivity contribution in [3.63, 3.8) is 0 Å². The van der Waals surface area contributed by atoms with Crippen LogP contribution in [0.5, 0.6) is 0 Å². The molecule has 16 heavy (non-hydrogen) atoms. The van der Waals surface area contributed by atoms with Crippen LogP contribution in [-0.4, -0.2) is 48.3 Å². The van der Waals surface area contributed by atoms with Crippen LogP contribution in [0, 0.1) is 0 Å². The lowest BCUT2D eigenvalue weighted by Crippen LogP contribution is -2.46. The normalized spacial score (nSPS) is 15.4. The van der Waals surface area contributed by atoms with E-state index in [2.05, 4.69) is 37.9 Å². The quantitative estimate of drug-likeness (QED) is 0.601. The molecule has 0 aromatic rings. The molecule has 3 nitrogen and oxygen atoms in total. The molecule has 0 saturated carbocycles. The zero-order valence-electron chi connectivity index (χ0n) is 11.6. The van der Waals surface area contributed by atoms with E-state index in [-0.39, 0.29) is 12.1 Å². The van der Waals surface area contributed by atoms with Crippen LogP contribution in [0.4, 0.5) is 0 Å². The molecule has 0 amide bonds. The molecule has 0 saturated heterocycles. The lowest BCUT2D eigenvalue weighted by Gasteiger charge is -2.29. The Morgan fingerprint density at radius 2 is 1.88 bits per heavy atom. The molecule has 0 aliphatic heterocycles. The summed E-state index contributed by atoms with van der Waals surface area (Å²) >= 11 is 0. The monoisotopic (exact) mass is 230 g/mol. The summed E-state index contributed by atoms with van der Waals surface area (Å²) in [5.74, 6) is 0. The molecule has 98 valence electrons. The minimum atomic E-state index is -0.0968. The van der Waals surface area contributed by atoms with Crippen molar-refractivity contribution in [3.05, 3.63) is 0 Å². The highest BCUT2D eigenvalue weighted by atomic mass is 16.3. The second-order valence-corrected chi connectivity index (χ2v) is 4.79. The summed E-state index contributed by atoms with van der Waals surface area (Å²) in [6.45, 7) is 13.2. The molecule has 2 N–H and O–H groups in total. The van der Waals surface area contributed by atoms with E-state index >= 15 is 0 Å². The fourth-order valence-corrected chi connectivity index (χ4v) is 2.09. The van der Waals surface area contributed by atoms with Gasteiger partial charge in [0.1, 0.15) is 0 Å². The Balaban J connectivity index is 3.83. The molecule has 3 heteroatoms. The standard InChI is InChI=1S/C13H30N2O/c1-5-10-15(7-3)11-8-9-13(4,12-16)14-6-2/h14,16H,5-12H2,1-4H3.